The monoisotopic (exact) mass is 689 g/mol. The number of anilines is 3. The summed E-state index contributed by atoms with van der Waals surface area (Å²) in [4.78, 5) is 2.35. The molecule has 0 saturated heterocycles. The van der Waals surface area contributed by atoms with Crippen molar-refractivity contribution in [2.24, 2.45) is 0 Å². The third kappa shape index (κ3) is 5.90. The van der Waals surface area contributed by atoms with E-state index >= 15 is 0 Å². The molecule has 9 aromatic carbocycles. The average Bonchev–Trinajstić information content (AvgIpc) is 3.69. The minimum atomic E-state index is 0.864. The molecule has 0 N–H and O–H groups in total. The van der Waals surface area contributed by atoms with Gasteiger partial charge in [0, 0.05) is 28.0 Å². The van der Waals surface area contributed by atoms with Crippen LogP contribution in [0.15, 0.2) is 217 Å². The van der Waals surface area contributed by atoms with Gasteiger partial charge in [-0.1, -0.05) is 152 Å². The van der Waals surface area contributed by atoms with E-state index in [1.54, 1.807) is 0 Å². The Morgan fingerprint density at radius 2 is 0.778 bits per heavy atom. The van der Waals surface area contributed by atoms with Crippen LogP contribution in [0.4, 0.5) is 17.1 Å². The maximum Gasteiger partial charge on any atom is 0.136 e. The number of furan rings is 1. The molecule has 1 heterocycles. The van der Waals surface area contributed by atoms with Gasteiger partial charge >= 0.3 is 0 Å². The molecule has 10 rings (SSSR count). The van der Waals surface area contributed by atoms with E-state index in [1.165, 1.54) is 32.7 Å². The topological polar surface area (TPSA) is 16.4 Å². The predicted octanol–water partition coefficient (Wildman–Crippen LogP) is 14.9. The highest BCUT2D eigenvalue weighted by molar-refractivity contribution is 5.93. The van der Waals surface area contributed by atoms with Gasteiger partial charge in [0.2, 0.25) is 0 Å². The highest BCUT2D eigenvalue weighted by atomic mass is 16.3. The Labute approximate surface area is 314 Å². The second kappa shape index (κ2) is 13.4. The number of para-hydroxylation sites is 1. The van der Waals surface area contributed by atoms with E-state index in [1.807, 2.05) is 12.1 Å². The molecule has 0 bridgehead atoms. The van der Waals surface area contributed by atoms with Crippen LogP contribution >= 0.6 is 0 Å². The van der Waals surface area contributed by atoms with E-state index in [9.17, 15) is 0 Å². The molecular formula is C52H35NO. The summed E-state index contributed by atoms with van der Waals surface area (Å²) in [6.45, 7) is 0. The largest absolute Gasteiger partial charge is 0.456 e. The van der Waals surface area contributed by atoms with Crippen LogP contribution in [0.5, 0.6) is 0 Å². The van der Waals surface area contributed by atoms with Crippen LogP contribution in [-0.2, 0) is 0 Å². The second-order valence-corrected chi connectivity index (χ2v) is 13.8. The van der Waals surface area contributed by atoms with Gasteiger partial charge in [-0.05, 0) is 116 Å². The fourth-order valence-electron chi connectivity index (χ4n) is 7.65. The standard InChI is InChI=1S/C52H35NO/c1-2-12-40(13-3-1)49-31-25-44(34-50(49)52-35-45-16-8-9-17-51(45)54-52)39-22-28-47(29-23-39)53(48-30-24-37-11-5-7-15-42(37)33-48)46-26-20-38(21-27-46)43-19-18-36-10-4-6-14-41(36)32-43/h1-35H. The lowest BCUT2D eigenvalue weighted by atomic mass is 9.93. The van der Waals surface area contributed by atoms with Crippen molar-refractivity contribution < 1.29 is 4.42 Å². The van der Waals surface area contributed by atoms with Crippen molar-refractivity contribution in [1.82, 2.24) is 0 Å². The number of hydrogen-bond acceptors (Lipinski definition) is 2. The predicted molar refractivity (Wildman–Crippen MR) is 228 cm³/mol. The van der Waals surface area contributed by atoms with E-state index < -0.39 is 0 Å². The summed E-state index contributed by atoms with van der Waals surface area (Å²) >= 11 is 0. The molecular weight excluding hydrogens is 655 g/mol. The zero-order chi connectivity index (χ0) is 35.8. The van der Waals surface area contributed by atoms with Crippen molar-refractivity contribution in [2.75, 3.05) is 4.90 Å². The first-order valence-corrected chi connectivity index (χ1v) is 18.4. The normalized spacial score (nSPS) is 11.3. The lowest BCUT2D eigenvalue weighted by molar-refractivity contribution is 0.632. The van der Waals surface area contributed by atoms with Gasteiger partial charge in [-0.25, -0.2) is 0 Å². The van der Waals surface area contributed by atoms with Crippen molar-refractivity contribution in [3.63, 3.8) is 0 Å². The summed E-state index contributed by atoms with van der Waals surface area (Å²) in [5, 5.41) is 6.03. The number of rotatable bonds is 7. The molecule has 0 spiro atoms. The van der Waals surface area contributed by atoms with Gasteiger partial charge in [0.15, 0.2) is 0 Å². The fraction of sp³-hybridized carbons (Fsp3) is 0. The molecule has 54 heavy (non-hydrogen) atoms. The van der Waals surface area contributed by atoms with Gasteiger partial charge < -0.3 is 9.32 Å². The summed E-state index contributed by atoms with van der Waals surface area (Å²) in [5.41, 5.74) is 12.2. The molecule has 0 unspecified atom stereocenters. The van der Waals surface area contributed by atoms with Crippen LogP contribution in [0.1, 0.15) is 0 Å². The van der Waals surface area contributed by atoms with Crippen molar-refractivity contribution in [2.45, 2.75) is 0 Å². The van der Waals surface area contributed by atoms with Gasteiger partial charge in [0.05, 0.1) is 0 Å². The van der Waals surface area contributed by atoms with Crippen LogP contribution in [0, 0.1) is 0 Å². The Morgan fingerprint density at radius 3 is 1.44 bits per heavy atom. The van der Waals surface area contributed by atoms with Crippen LogP contribution in [0.3, 0.4) is 0 Å². The third-order valence-corrected chi connectivity index (χ3v) is 10.5. The molecule has 0 radical (unpaired) electrons. The minimum Gasteiger partial charge on any atom is -0.456 e. The highest BCUT2D eigenvalue weighted by Crippen LogP contribution is 2.41. The summed E-state index contributed by atoms with van der Waals surface area (Å²) in [6.07, 6.45) is 0. The smallest absolute Gasteiger partial charge is 0.136 e. The molecule has 1 aromatic heterocycles. The Bertz CT molecular complexity index is 2890. The van der Waals surface area contributed by atoms with E-state index in [2.05, 4.69) is 205 Å². The first-order chi connectivity index (χ1) is 26.7. The lowest BCUT2D eigenvalue weighted by Crippen LogP contribution is -2.09. The molecule has 254 valence electrons. The van der Waals surface area contributed by atoms with Gasteiger partial charge in [-0.3, -0.25) is 0 Å². The van der Waals surface area contributed by atoms with Crippen molar-refractivity contribution in [3.05, 3.63) is 212 Å². The van der Waals surface area contributed by atoms with Crippen LogP contribution in [0.25, 0.3) is 77.2 Å². The Balaban J connectivity index is 1.04. The highest BCUT2D eigenvalue weighted by Gasteiger charge is 2.17. The van der Waals surface area contributed by atoms with Gasteiger partial charge in [0.25, 0.3) is 0 Å². The van der Waals surface area contributed by atoms with Crippen molar-refractivity contribution in [1.29, 1.82) is 0 Å². The molecule has 0 fully saturated rings. The minimum absolute atomic E-state index is 0.864. The molecule has 2 nitrogen and oxygen atoms in total. The van der Waals surface area contributed by atoms with E-state index in [-0.39, 0.29) is 0 Å². The zero-order valence-electron chi connectivity index (χ0n) is 29.6. The quantitative estimate of drug-likeness (QED) is 0.166. The number of hydrogen-bond donors (Lipinski definition) is 0. The van der Waals surface area contributed by atoms with Crippen molar-refractivity contribution >= 4 is 49.6 Å². The summed E-state index contributed by atoms with van der Waals surface area (Å²) in [5.74, 6) is 0.864. The first kappa shape index (κ1) is 31.6. The van der Waals surface area contributed by atoms with Crippen LogP contribution in [-0.4, -0.2) is 0 Å². The third-order valence-electron chi connectivity index (χ3n) is 10.5. The van der Waals surface area contributed by atoms with Gasteiger partial charge in [-0.15, -0.1) is 0 Å². The number of nitrogens with zero attached hydrogens (tertiary/aromatic N) is 1. The Kier molecular flexibility index (Phi) is 7.85. The number of fused-ring (bicyclic) bond motifs is 3. The van der Waals surface area contributed by atoms with E-state index in [0.717, 1.165) is 61.6 Å². The SMILES string of the molecule is c1ccc(-c2ccc(-c3ccc(N(c4ccc(-c5ccc6ccccc6c5)cc4)c4ccc5ccccc5c4)cc3)cc2-c2cc3ccccc3o2)cc1. The lowest BCUT2D eigenvalue weighted by Gasteiger charge is -2.26. The Hall–Kier alpha value is -7.16. The summed E-state index contributed by atoms with van der Waals surface area (Å²) in [6, 6.07) is 75.9. The first-order valence-electron chi connectivity index (χ1n) is 18.4. The Morgan fingerprint density at radius 1 is 0.278 bits per heavy atom. The van der Waals surface area contributed by atoms with E-state index in [4.69, 9.17) is 4.42 Å². The summed E-state index contributed by atoms with van der Waals surface area (Å²) < 4.78 is 6.43. The maximum absolute atomic E-state index is 6.43. The molecule has 0 aliphatic heterocycles. The maximum atomic E-state index is 6.43. The van der Waals surface area contributed by atoms with Gasteiger partial charge in [0.1, 0.15) is 11.3 Å². The van der Waals surface area contributed by atoms with Crippen molar-refractivity contribution in [3.8, 4) is 44.7 Å². The molecule has 10 aromatic rings. The fourth-order valence-corrected chi connectivity index (χ4v) is 7.65. The average molecular weight is 690 g/mol. The summed E-state index contributed by atoms with van der Waals surface area (Å²) in [7, 11) is 0. The molecule has 0 atom stereocenters. The zero-order valence-corrected chi connectivity index (χ0v) is 29.6. The van der Waals surface area contributed by atoms with Crippen LogP contribution < -0.4 is 4.90 Å². The second-order valence-electron chi connectivity index (χ2n) is 13.8. The molecule has 2 heteroatoms. The molecule has 0 aliphatic carbocycles. The number of benzene rings is 9. The van der Waals surface area contributed by atoms with Crippen LogP contribution in [0.2, 0.25) is 0 Å². The van der Waals surface area contributed by atoms with E-state index in [0.29, 0.717) is 0 Å². The van der Waals surface area contributed by atoms with Gasteiger partial charge in [-0.2, -0.15) is 0 Å². The molecule has 0 amide bonds. The molecule has 0 saturated carbocycles. The molecule has 0 aliphatic rings.